The average Bonchev–Trinajstić information content (AvgIpc) is 2.87. The molecule has 0 amide bonds. The average molecular weight is 527 g/mol. The molecule has 2 aromatic rings. The molecule has 2 atom stereocenters. The first kappa shape index (κ1) is 30.9. The van der Waals surface area contributed by atoms with Crippen LogP contribution in [0.4, 0.5) is 0 Å². The second-order valence-corrected chi connectivity index (χ2v) is 11.3. The molecule has 0 saturated heterocycles. The molecule has 38 heavy (non-hydrogen) atoms. The Hall–Kier alpha value is -3.32. The van der Waals surface area contributed by atoms with Gasteiger partial charge in [-0.2, -0.15) is 0 Å². The molecular formula is C31H42O7. The molecule has 1 N–H and O–H groups in total. The highest BCUT2D eigenvalue weighted by Crippen LogP contribution is 2.33. The van der Waals surface area contributed by atoms with Gasteiger partial charge in [0.15, 0.2) is 0 Å². The van der Waals surface area contributed by atoms with E-state index in [-0.39, 0.29) is 43.1 Å². The minimum atomic E-state index is -0.910. The van der Waals surface area contributed by atoms with Gasteiger partial charge in [-0.15, -0.1) is 0 Å². The molecule has 0 aliphatic rings. The van der Waals surface area contributed by atoms with Crippen LogP contribution in [0.1, 0.15) is 59.6 Å². The van der Waals surface area contributed by atoms with Crippen molar-refractivity contribution in [2.75, 3.05) is 26.4 Å². The third-order valence-electron chi connectivity index (χ3n) is 6.00. The summed E-state index contributed by atoms with van der Waals surface area (Å²) in [7, 11) is 0. The van der Waals surface area contributed by atoms with Crippen LogP contribution in [0, 0.1) is 11.3 Å². The Bertz CT molecular complexity index is 1060. The topological polar surface area (TPSA) is 91.3 Å². The van der Waals surface area contributed by atoms with Crippen LogP contribution in [0.15, 0.2) is 60.7 Å². The predicted octanol–water partition coefficient (Wildman–Crippen LogP) is 5.48. The molecule has 0 aromatic heterocycles. The lowest BCUT2D eigenvalue weighted by atomic mass is 9.78. The van der Waals surface area contributed by atoms with Crippen molar-refractivity contribution >= 4 is 11.9 Å². The molecule has 0 saturated carbocycles. The van der Waals surface area contributed by atoms with E-state index >= 15 is 0 Å². The van der Waals surface area contributed by atoms with Crippen molar-refractivity contribution in [3.05, 3.63) is 71.8 Å². The van der Waals surface area contributed by atoms with Crippen molar-refractivity contribution in [2.24, 2.45) is 11.3 Å². The first-order chi connectivity index (χ1) is 17.7. The minimum Gasteiger partial charge on any atom is -0.493 e. The number of aliphatic hydroxyl groups excluding tert-OH is 1. The van der Waals surface area contributed by atoms with Crippen molar-refractivity contribution in [3.63, 3.8) is 0 Å². The Morgan fingerprint density at radius 1 is 0.789 bits per heavy atom. The standard InChI is InChI=1S/C31H42O7/c1-21(2)28(33)37-18-22(3)17-35-26-13-9-23(10-14-26)31(7,8)24-11-15-27(16-12-24)36-19-25(32)20-38-29(34)30(4,5)6/h9-16,22,25,32H,1,17-20H2,2-8H3. The first-order valence-corrected chi connectivity index (χ1v) is 12.8. The van der Waals surface area contributed by atoms with Crippen LogP contribution < -0.4 is 9.47 Å². The van der Waals surface area contributed by atoms with Crippen molar-refractivity contribution in [1.29, 1.82) is 0 Å². The van der Waals surface area contributed by atoms with Gasteiger partial charge < -0.3 is 24.1 Å². The summed E-state index contributed by atoms with van der Waals surface area (Å²) in [5, 5.41) is 10.1. The summed E-state index contributed by atoms with van der Waals surface area (Å²) in [6, 6.07) is 15.7. The highest BCUT2D eigenvalue weighted by molar-refractivity contribution is 5.86. The number of rotatable bonds is 13. The Balaban J connectivity index is 1.87. The number of hydrogen-bond donors (Lipinski definition) is 1. The largest absolute Gasteiger partial charge is 0.493 e. The number of ether oxygens (including phenoxy) is 4. The Kier molecular flexibility index (Phi) is 11.0. The fourth-order valence-corrected chi connectivity index (χ4v) is 3.36. The zero-order valence-corrected chi connectivity index (χ0v) is 23.7. The van der Waals surface area contributed by atoms with Gasteiger partial charge in [-0.1, -0.05) is 51.6 Å². The predicted molar refractivity (Wildman–Crippen MR) is 147 cm³/mol. The summed E-state index contributed by atoms with van der Waals surface area (Å²) in [6.45, 7) is 17.4. The number of aliphatic hydroxyl groups is 1. The van der Waals surface area contributed by atoms with Crippen LogP contribution in [0.3, 0.4) is 0 Å². The molecule has 0 heterocycles. The maximum atomic E-state index is 11.8. The minimum absolute atomic E-state index is 0.0244. The van der Waals surface area contributed by atoms with Crippen LogP contribution in [0.5, 0.6) is 11.5 Å². The van der Waals surface area contributed by atoms with Gasteiger partial charge in [0.2, 0.25) is 0 Å². The number of hydrogen-bond acceptors (Lipinski definition) is 7. The summed E-state index contributed by atoms with van der Waals surface area (Å²) >= 11 is 0. The van der Waals surface area contributed by atoms with Gasteiger partial charge in [0.05, 0.1) is 18.6 Å². The van der Waals surface area contributed by atoms with Crippen LogP contribution in [-0.4, -0.2) is 49.6 Å². The summed E-state index contributed by atoms with van der Waals surface area (Å²) in [5.74, 6) is 0.670. The molecule has 0 fully saturated rings. The summed E-state index contributed by atoms with van der Waals surface area (Å²) in [5.41, 5.74) is 1.73. The zero-order chi connectivity index (χ0) is 28.5. The fourth-order valence-electron chi connectivity index (χ4n) is 3.36. The molecule has 2 aromatic carbocycles. The molecule has 0 bridgehead atoms. The SMILES string of the molecule is C=C(C)C(=O)OCC(C)COc1ccc(C(C)(C)c2ccc(OCC(O)COC(=O)C(C)(C)C)cc2)cc1. The normalized spacial score (nSPS) is 13.3. The quantitative estimate of drug-likeness (QED) is 0.273. The van der Waals surface area contributed by atoms with E-state index in [0.29, 0.717) is 17.9 Å². The van der Waals surface area contributed by atoms with E-state index in [1.54, 1.807) is 27.7 Å². The van der Waals surface area contributed by atoms with E-state index in [2.05, 4.69) is 20.4 Å². The zero-order valence-electron chi connectivity index (χ0n) is 23.7. The third-order valence-corrected chi connectivity index (χ3v) is 6.00. The van der Waals surface area contributed by atoms with Gasteiger partial charge in [0, 0.05) is 16.9 Å². The van der Waals surface area contributed by atoms with Gasteiger partial charge in [-0.25, -0.2) is 4.79 Å². The maximum absolute atomic E-state index is 11.8. The van der Waals surface area contributed by atoms with E-state index in [4.69, 9.17) is 18.9 Å². The lowest BCUT2D eigenvalue weighted by Crippen LogP contribution is -2.30. The number of benzene rings is 2. The molecule has 7 heteroatoms. The lowest BCUT2D eigenvalue weighted by molar-refractivity contribution is -0.156. The molecule has 208 valence electrons. The Morgan fingerprint density at radius 3 is 1.71 bits per heavy atom. The molecule has 0 aliphatic heterocycles. The Labute approximate surface area is 226 Å². The van der Waals surface area contributed by atoms with Crippen LogP contribution in [0.25, 0.3) is 0 Å². The van der Waals surface area contributed by atoms with Crippen LogP contribution in [0.2, 0.25) is 0 Å². The number of carbonyl (C=O) groups excluding carboxylic acids is 2. The lowest BCUT2D eigenvalue weighted by Gasteiger charge is -2.26. The third kappa shape index (κ3) is 9.53. The van der Waals surface area contributed by atoms with Gasteiger partial charge in [-0.3, -0.25) is 4.79 Å². The van der Waals surface area contributed by atoms with Gasteiger partial charge in [-0.05, 0) is 63.1 Å². The van der Waals surface area contributed by atoms with Crippen LogP contribution >= 0.6 is 0 Å². The second-order valence-electron chi connectivity index (χ2n) is 11.3. The summed E-state index contributed by atoms with van der Waals surface area (Å²) in [6.07, 6.45) is -0.910. The van der Waals surface area contributed by atoms with E-state index in [1.807, 2.05) is 55.5 Å². The molecule has 2 unspecified atom stereocenters. The van der Waals surface area contributed by atoms with E-state index in [9.17, 15) is 14.7 Å². The summed E-state index contributed by atoms with van der Waals surface area (Å²) in [4.78, 5) is 23.4. The second kappa shape index (κ2) is 13.5. The van der Waals surface area contributed by atoms with Gasteiger partial charge in [0.25, 0.3) is 0 Å². The van der Waals surface area contributed by atoms with E-state index < -0.39 is 11.5 Å². The van der Waals surface area contributed by atoms with Crippen molar-refractivity contribution in [2.45, 2.75) is 60.0 Å². The molecule has 0 radical (unpaired) electrons. The molecule has 2 rings (SSSR count). The number of esters is 2. The summed E-state index contributed by atoms with van der Waals surface area (Å²) < 4.78 is 21.8. The van der Waals surface area contributed by atoms with Crippen molar-refractivity contribution in [3.8, 4) is 11.5 Å². The Morgan fingerprint density at radius 2 is 1.26 bits per heavy atom. The van der Waals surface area contributed by atoms with E-state index in [1.165, 1.54) is 0 Å². The van der Waals surface area contributed by atoms with Crippen molar-refractivity contribution < 1.29 is 33.6 Å². The fraction of sp³-hybridized carbons (Fsp3) is 0.484. The van der Waals surface area contributed by atoms with E-state index in [0.717, 1.165) is 16.9 Å². The molecule has 0 spiro atoms. The van der Waals surface area contributed by atoms with Gasteiger partial charge in [0.1, 0.15) is 30.8 Å². The first-order valence-electron chi connectivity index (χ1n) is 12.8. The maximum Gasteiger partial charge on any atom is 0.333 e. The van der Waals surface area contributed by atoms with Crippen LogP contribution in [-0.2, 0) is 24.5 Å². The highest BCUT2D eigenvalue weighted by atomic mass is 16.6. The molecular weight excluding hydrogens is 484 g/mol. The molecule has 0 aliphatic carbocycles. The highest BCUT2D eigenvalue weighted by Gasteiger charge is 2.25. The van der Waals surface area contributed by atoms with Crippen molar-refractivity contribution in [1.82, 2.24) is 0 Å². The monoisotopic (exact) mass is 526 g/mol. The number of carbonyl (C=O) groups is 2. The smallest absolute Gasteiger partial charge is 0.333 e. The molecule has 7 nitrogen and oxygen atoms in total. The van der Waals surface area contributed by atoms with Gasteiger partial charge >= 0.3 is 11.9 Å².